The summed E-state index contributed by atoms with van der Waals surface area (Å²) in [5.41, 5.74) is 0.266. The monoisotopic (exact) mass is 414 g/mol. The highest BCUT2D eigenvalue weighted by molar-refractivity contribution is 7.91. The predicted molar refractivity (Wildman–Crippen MR) is 100 cm³/mol. The second-order valence-corrected chi connectivity index (χ2v) is 8.66. The van der Waals surface area contributed by atoms with Crippen LogP contribution in [0.15, 0.2) is 35.5 Å². The summed E-state index contributed by atoms with van der Waals surface area (Å²) in [6, 6.07) is 5.59. The van der Waals surface area contributed by atoms with Gasteiger partial charge in [-0.15, -0.1) is 0 Å². The molecule has 1 aromatic carbocycles. The van der Waals surface area contributed by atoms with Crippen LogP contribution in [-0.2, 0) is 16.4 Å². The molecule has 1 heterocycles. The first-order valence-electron chi connectivity index (χ1n) is 8.13. The van der Waals surface area contributed by atoms with Crippen LogP contribution >= 0.6 is 11.6 Å². The van der Waals surface area contributed by atoms with Gasteiger partial charge in [-0.3, -0.25) is 4.79 Å². The molecule has 0 bridgehead atoms. The molecule has 0 aliphatic heterocycles. The number of halogens is 2. The van der Waals surface area contributed by atoms with Crippen LogP contribution in [0.3, 0.4) is 0 Å². The summed E-state index contributed by atoms with van der Waals surface area (Å²) in [5, 5.41) is 2.17. The number of carbonyl (C=O) groups is 1. The Morgan fingerprint density at radius 2 is 2.04 bits per heavy atom. The summed E-state index contributed by atoms with van der Waals surface area (Å²) in [6.07, 6.45) is 1.24. The number of carbonyl (C=O) groups excluding carboxylic acids is 1. The maximum absolute atomic E-state index is 13.8. The number of amides is 1. The molecule has 2 aromatic rings. The minimum Gasteiger partial charge on any atom is -0.494 e. The van der Waals surface area contributed by atoms with Crippen LogP contribution in [0.5, 0.6) is 5.75 Å². The van der Waals surface area contributed by atoms with Crippen LogP contribution in [0.4, 0.5) is 4.39 Å². The molecule has 0 spiro atoms. The highest BCUT2D eigenvalue weighted by Crippen LogP contribution is 2.24. The Labute approximate surface area is 162 Å². The van der Waals surface area contributed by atoms with Gasteiger partial charge in [-0.25, -0.2) is 17.8 Å². The summed E-state index contributed by atoms with van der Waals surface area (Å²) in [4.78, 5) is 16.4. The third kappa shape index (κ3) is 5.17. The van der Waals surface area contributed by atoms with Crippen molar-refractivity contribution >= 4 is 27.3 Å². The standard InChI is InChI=1S/C18H20ClFN2O4S/c1-11(2)10-27(24,25)18-16(13(19)6-7-21-18)17(23)22-9-12-4-5-15(26-3)14(20)8-12/h4-8,11H,9-10H2,1-3H3,(H,22,23). The van der Waals surface area contributed by atoms with E-state index in [4.69, 9.17) is 16.3 Å². The number of ether oxygens (including phenoxy) is 1. The third-order valence-electron chi connectivity index (χ3n) is 3.61. The van der Waals surface area contributed by atoms with E-state index in [1.165, 1.54) is 31.5 Å². The number of methoxy groups -OCH3 is 1. The fourth-order valence-corrected chi connectivity index (χ4v) is 4.53. The molecule has 0 unspecified atom stereocenters. The lowest BCUT2D eigenvalue weighted by Crippen LogP contribution is -2.27. The smallest absolute Gasteiger partial charge is 0.256 e. The fourth-order valence-electron chi connectivity index (χ4n) is 2.47. The first kappa shape index (κ1) is 21.1. The molecule has 27 heavy (non-hydrogen) atoms. The largest absolute Gasteiger partial charge is 0.494 e. The molecule has 6 nitrogen and oxygen atoms in total. The van der Waals surface area contributed by atoms with Crippen LogP contribution in [-0.4, -0.2) is 32.2 Å². The molecule has 0 aliphatic rings. The van der Waals surface area contributed by atoms with Crippen LogP contribution in [0.25, 0.3) is 0 Å². The Hall–Kier alpha value is -2.19. The molecular weight excluding hydrogens is 395 g/mol. The zero-order valence-corrected chi connectivity index (χ0v) is 16.7. The first-order valence-corrected chi connectivity index (χ1v) is 10.2. The van der Waals surface area contributed by atoms with E-state index in [0.717, 1.165) is 0 Å². The lowest BCUT2D eigenvalue weighted by Gasteiger charge is -2.13. The van der Waals surface area contributed by atoms with Gasteiger partial charge in [0.25, 0.3) is 5.91 Å². The second kappa shape index (κ2) is 8.67. The van der Waals surface area contributed by atoms with Crippen LogP contribution in [0.2, 0.25) is 5.02 Å². The van der Waals surface area contributed by atoms with Gasteiger partial charge in [-0.2, -0.15) is 0 Å². The molecule has 2 rings (SSSR count). The van der Waals surface area contributed by atoms with Gasteiger partial charge in [0.1, 0.15) is 0 Å². The lowest BCUT2D eigenvalue weighted by molar-refractivity contribution is 0.0947. The van der Waals surface area contributed by atoms with E-state index in [1.807, 2.05) is 0 Å². The topological polar surface area (TPSA) is 85.4 Å². The Morgan fingerprint density at radius 1 is 1.33 bits per heavy atom. The molecule has 1 N–H and O–H groups in total. The molecule has 0 atom stereocenters. The third-order valence-corrected chi connectivity index (χ3v) is 5.93. The second-order valence-electron chi connectivity index (χ2n) is 6.30. The van der Waals surface area contributed by atoms with Crippen molar-refractivity contribution < 1.29 is 22.3 Å². The van der Waals surface area contributed by atoms with Crippen LogP contribution < -0.4 is 10.1 Å². The molecule has 0 saturated heterocycles. The summed E-state index contributed by atoms with van der Waals surface area (Å²) in [6.45, 7) is 3.48. The maximum atomic E-state index is 13.8. The molecule has 146 valence electrons. The van der Waals surface area contributed by atoms with Crippen molar-refractivity contribution in [3.8, 4) is 5.75 Å². The van der Waals surface area contributed by atoms with Crippen molar-refractivity contribution in [2.75, 3.05) is 12.9 Å². The fraction of sp³-hybridized carbons (Fsp3) is 0.333. The zero-order chi connectivity index (χ0) is 20.2. The van der Waals surface area contributed by atoms with E-state index >= 15 is 0 Å². The van der Waals surface area contributed by atoms with Crippen molar-refractivity contribution in [2.24, 2.45) is 5.92 Å². The van der Waals surface area contributed by atoms with Crippen molar-refractivity contribution in [1.29, 1.82) is 0 Å². The number of hydrogen-bond donors (Lipinski definition) is 1. The van der Waals surface area contributed by atoms with E-state index in [-0.39, 0.29) is 39.6 Å². The summed E-state index contributed by atoms with van der Waals surface area (Å²) in [7, 11) is -2.44. The Morgan fingerprint density at radius 3 is 2.63 bits per heavy atom. The number of pyridine rings is 1. The van der Waals surface area contributed by atoms with Gasteiger partial charge in [0.05, 0.1) is 23.4 Å². The Kier molecular flexibility index (Phi) is 6.78. The Bertz CT molecular complexity index is 948. The van der Waals surface area contributed by atoms with Crippen LogP contribution in [0.1, 0.15) is 29.8 Å². The van der Waals surface area contributed by atoms with Gasteiger partial charge < -0.3 is 10.1 Å². The van der Waals surface area contributed by atoms with Crippen LogP contribution in [0, 0.1) is 11.7 Å². The van der Waals surface area contributed by atoms with E-state index in [9.17, 15) is 17.6 Å². The van der Waals surface area contributed by atoms with Gasteiger partial charge >= 0.3 is 0 Å². The van der Waals surface area contributed by atoms with Gasteiger partial charge in [-0.1, -0.05) is 31.5 Å². The van der Waals surface area contributed by atoms with Gasteiger partial charge in [-0.05, 0) is 29.7 Å². The molecule has 0 fully saturated rings. The number of rotatable bonds is 7. The molecule has 0 saturated carbocycles. The SMILES string of the molecule is COc1ccc(CNC(=O)c2c(Cl)ccnc2S(=O)(=O)CC(C)C)cc1F. The highest BCUT2D eigenvalue weighted by atomic mass is 35.5. The lowest BCUT2D eigenvalue weighted by atomic mass is 10.2. The average molecular weight is 415 g/mol. The molecule has 0 radical (unpaired) electrons. The zero-order valence-electron chi connectivity index (χ0n) is 15.1. The minimum absolute atomic E-state index is 0.0192. The average Bonchev–Trinajstić information content (AvgIpc) is 2.58. The van der Waals surface area contributed by atoms with Crippen molar-refractivity contribution in [2.45, 2.75) is 25.4 Å². The predicted octanol–water partition coefficient (Wildman–Crippen LogP) is 3.24. The van der Waals surface area contributed by atoms with Crippen molar-refractivity contribution in [3.05, 3.63) is 52.4 Å². The van der Waals surface area contributed by atoms with Gasteiger partial charge in [0.2, 0.25) is 0 Å². The Balaban J connectivity index is 2.27. The van der Waals surface area contributed by atoms with E-state index < -0.39 is 21.6 Å². The number of sulfone groups is 1. The molecule has 1 amide bonds. The molecule has 0 aliphatic carbocycles. The molecular formula is C18H20ClFN2O4S. The number of hydrogen-bond acceptors (Lipinski definition) is 5. The van der Waals surface area contributed by atoms with Crippen molar-refractivity contribution in [3.63, 3.8) is 0 Å². The van der Waals surface area contributed by atoms with Crippen molar-refractivity contribution in [1.82, 2.24) is 10.3 Å². The molecule has 1 aromatic heterocycles. The first-order chi connectivity index (χ1) is 12.7. The maximum Gasteiger partial charge on any atom is 0.256 e. The van der Waals surface area contributed by atoms with E-state index in [0.29, 0.717) is 5.56 Å². The van der Waals surface area contributed by atoms with E-state index in [1.54, 1.807) is 19.9 Å². The summed E-state index contributed by atoms with van der Waals surface area (Å²) < 4.78 is 43.7. The van der Waals surface area contributed by atoms with Gasteiger partial charge in [0, 0.05) is 12.7 Å². The van der Waals surface area contributed by atoms with Gasteiger partial charge in [0.15, 0.2) is 26.4 Å². The number of benzene rings is 1. The quantitative estimate of drug-likeness (QED) is 0.751. The minimum atomic E-state index is -3.79. The number of aromatic nitrogens is 1. The number of nitrogens with zero attached hydrogens (tertiary/aromatic N) is 1. The highest BCUT2D eigenvalue weighted by Gasteiger charge is 2.27. The normalized spacial score (nSPS) is 11.5. The number of nitrogens with one attached hydrogen (secondary N) is 1. The molecule has 9 heteroatoms. The summed E-state index contributed by atoms with van der Waals surface area (Å²) in [5.74, 6) is -1.49. The van der Waals surface area contributed by atoms with E-state index in [2.05, 4.69) is 10.3 Å². The summed E-state index contributed by atoms with van der Waals surface area (Å²) >= 11 is 6.07.